The van der Waals surface area contributed by atoms with Crippen molar-refractivity contribution in [3.8, 4) is 0 Å². The van der Waals surface area contributed by atoms with Gasteiger partial charge in [-0.05, 0) is 28.1 Å². The Bertz CT molecular complexity index is 420. The Labute approximate surface area is 98.2 Å². The Kier molecular flexibility index (Phi) is 4.53. The number of anilines is 1. The molecular weight excluding hydrogens is 280 g/mol. The van der Waals surface area contributed by atoms with Crippen molar-refractivity contribution >= 4 is 31.6 Å². The maximum absolute atomic E-state index is 11.2. The second-order valence-electron chi connectivity index (χ2n) is 3.00. The highest BCUT2D eigenvalue weighted by Crippen LogP contribution is 2.17. The summed E-state index contributed by atoms with van der Waals surface area (Å²) in [6.07, 6.45) is 1.65. The summed E-state index contributed by atoms with van der Waals surface area (Å²) in [5.41, 5.74) is 0. The fraction of sp³-hybridized carbons (Fsp3) is 0.444. The number of rotatable bonds is 5. The van der Waals surface area contributed by atoms with Crippen molar-refractivity contribution < 1.29 is 8.42 Å². The lowest BCUT2D eigenvalue weighted by Gasteiger charge is -2.06. The quantitative estimate of drug-likeness (QED) is 0.897. The topological polar surface area (TPSA) is 59.1 Å². The molecule has 0 spiro atoms. The van der Waals surface area contributed by atoms with Gasteiger partial charge in [0.1, 0.15) is 5.82 Å². The molecule has 1 rings (SSSR count). The van der Waals surface area contributed by atoms with Gasteiger partial charge in [-0.25, -0.2) is 13.4 Å². The van der Waals surface area contributed by atoms with E-state index in [-0.39, 0.29) is 11.5 Å². The zero-order valence-electron chi connectivity index (χ0n) is 8.40. The Morgan fingerprint density at radius 2 is 2.27 bits per heavy atom. The van der Waals surface area contributed by atoms with Crippen LogP contribution in [-0.2, 0) is 9.84 Å². The predicted octanol–water partition coefficient (Wildman–Crippen LogP) is 1.69. The molecule has 0 bridgehead atoms. The van der Waals surface area contributed by atoms with Gasteiger partial charge in [0.05, 0.1) is 10.2 Å². The van der Waals surface area contributed by atoms with E-state index >= 15 is 0 Å². The van der Waals surface area contributed by atoms with Crippen LogP contribution in [0.25, 0.3) is 0 Å². The monoisotopic (exact) mass is 292 g/mol. The van der Waals surface area contributed by atoms with Crippen molar-refractivity contribution in [1.82, 2.24) is 4.98 Å². The Balaban J connectivity index is 2.49. The number of sulfone groups is 1. The van der Waals surface area contributed by atoms with E-state index in [1.165, 1.54) is 0 Å². The maximum atomic E-state index is 11.2. The van der Waals surface area contributed by atoms with Crippen LogP contribution in [-0.4, -0.2) is 31.5 Å². The number of nitrogens with one attached hydrogen (secondary N) is 1. The second-order valence-corrected chi connectivity index (χ2v) is 6.32. The third-order valence-electron chi connectivity index (χ3n) is 1.90. The molecule has 6 heteroatoms. The van der Waals surface area contributed by atoms with E-state index in [2.05, 4.69) is 26.2 Å². The van der Waals surface area contributed by atoms with Gasteiger partial charge in [0.25, 0.3) is 0 Å². The van der Waals surface area contributed by atoms with E-state index in [4.69, 9.17) is 0 Å². The lowest BCUT2D eigenvalue weighted by molar-refractivity contribution is 0.597. The molecule has 1 aromatic rings. The van der Waals surface area contributed by atoms with Crippen molar-refractivity contribution in [1.29, 1.82) is 0 Å². The van der Waals surface area contributed by atoms with E-state index in [1.807, 2.05) is 6.07 Å². The summed E-state index contributed by atoms with van der Waals surface area (Å²) in [4.78, 5) is 4.07. The molecule has 0 aliphatic rings. The normalized spacial score (nSPS) is 11.3. The average molecular weight is 293 g/mol. The molecule has 0 aliphatic heterocycles. The molecule has 0 aromatic carbocycles. The van der Waals surface area contributed by atoms with Gasteiger partial charge in [-0.3, -0.25) is 0 Å². The number of hydrogen-bond acceptors (Lipinski definition) is 4. The lowest BCUT2D eigenvalue weighted by Crippen LogP contribution is -2.17. The van der Waals surface area contributed by atoms with E-state index in [0.717, 1.165) is 4.47 Å². The summed E-state index contributed by atoms with van der Waals surface area (Å²) in [7, 11) is -2.91. The highest BCUT2D eigenvalue weighted by atomic mass is 79.9. The summed E-state index contributed by atoms with van der Waals surface area (Å²) in [5.74, 6) is 0.980. The lowest BCUT2D eigenvalue weighted by atomic mass is 10.4. The first kappa shape index (κ1) is 12.4. The number of halogens is 1. The first-order valence-corrected chi connectivity index (χ1v) is 7.21. The largest absolute Gasteiger partial charge is 0.368 e. The fourth-order valence-corrected chi connectivity index (χ4v) is 2.08. The molecule has 0 saturated heterocycles. The van der Waals surface area contributed by atoms with Gasteiger partial charge in [-0.1, -0.05) is 6.92 Å². The first-order valence-electron chi connectivity index (χ1n) is 4.60. The number of pyridine rings is 1. The molecule has 0 radical (unpaired) electrons. The molecule has 1 aromatic heterocycles. The molecule has 84 valence electrons. The van der Waals surface area contributed by atoms with Crippen LogP contribution in [0.4, 0.5) is 5.82 Å². The molecule has 0 fully saturated rings. The molecule has 1 heterocycles. The van der Waals surface area contributed by atoms with Gasteiger partial charge in [-0.15, -0.1) is 0 Å². The fourth-order valence-electron chi connectivity index (χ4n) is 0.985. The predicted molar refractivity (Wildman–Crippen MR) is 64.8 cm³/mol. The van der Waals surface area contributed by atoms with Gasteiger partial charge in [0.15, 0.2) is 9.84 Å². The van der Waals surface area contributed by atoms with E-state index in [9.17, 15) is 8.42 Å². The summed E-state index contributed by atoms with van der Waals surface area (Å²) >= 11 is 3.32. The van der Waals surface area contributed by atoms with Gasteiger partial charge in [-0.2, -0.15) is 0 Å². The van der Waals surface area contributed by atoms with Crippen LogP contribution in [0.5, 0.6) is 0 Å². The number of nitrogens with zero attached hydrogens (tertiary/aromatic N) is 1. The minimum absolute atomic E-state index is 0.131. The second kappa shape index (κ2) is 5.46. The molecular formula is C9H13BrN2O2S. The third kappa shape index (κ3) is 4.17. The molecule has 0 unspecified atom stereocenters. The van der Waals surface area contributed by atoms with Crippen molar-refractivity contribution in [3.05, 3.63) is 22.8 Å². The summed E-state index contributed by atoms with van der Waals surface area (Å²) in [6, 6.07) is 3.65. The summed E-state index contributed by atoms with van der Waals surface area (Å²) < 4.78 is 23.2. The van der Waals surface area contributed by atoms with Crippen molar-refractivity contribution in [2.45, 2.75) is 6.92 Å². The van der Waals surface area contributed by atoms with E-state index < -0.39 is 9.84 Å². The zero-order valence-corrected chi connectivity index (χ0v) is 10.8. The van der Waals surface area contributed by atoms with Crippen LogP contribution in [0.2, 0.25) is 0 Å². The summed E-state index contributed by atoms with van der Waals surface area (Å²) in [5, 5.41) is 2.97. The van der Waals surface area contributed by atoms with Crippen LogP contribution in [0.1, 0.15) is 6.92 Å². The SMILES string of the molecule is CCS(=O)(=O)CCNc1ncccc1Br. The Hall–Kier alpha value is -0.620. The average Bonchev–Trinajstić information content (AvgIpc) is 2.21. The van der Waals surface area contributed by atoms with Gasteiger partial charge < -0.3 is 5.32 Å². The van der Waals surface area contributed by atoms with Crippen LogP contribution >= 0.6 is 15.9 Å². The van der Waals surface area contributed by atoms with E-state index in [1.54, 1.807) is 19.2 Å². The van der Waals surface area contributed by atoms with Gasteiger partial charge in [0, 0.05) is 18.5 Å². The van der Waals surface area contributed by atoms with E-state index in [0.29, 0.717) is 12.4 Å². The molecule has 1 N–H and O–H groups in total. The molecule has 15 heavy (non-hydrogen) atoms. The molecule has 0 atom stereocenters. The van der Waals surface area contributed by atoms with Gasteiger partial charge in [0.2, 0.25) is 0 Å². The highest BCUT2D eigenvalue weighted by molar-refractivity contribution is 9.10. The number of aromatic nitrogens is 1. The van der Waals surface area contributed by atoms with Crippen molar-refractivity contribution in [2.75, 3.05) is 23.4 Å². The van der Waals surface area contributed by atoms with Crippen molar-refractivity contribution in [3.63, 3.8) is 0 Å². The minimum atomic E-state index is -2.91. The minimum Gasteiger partial charge on any atom is -0.368 e. The molecule has 0 amide bonds. The smallest absolute Gasteiger partial charge is 0.151 e. The van der Waals surface area contributed by atoms with Crippen LogP contribution < -0.4 is 5.32 Å². The first-order chi connectivity index (χ1) is 7.05. The maximum Gasteiger partial charge on any atom is 0.151 e. The highest BCUT2D eigenvalue weighted by Gasteiger charge is 2.07. The zero-order chi connectivity index (χ0) is 11.3. The Morgan fingerprint density at radius 1 is 1.53 bits per heavy atom. The Morgan fingerprint density at radius 3 is 2.87 bits per heavy atom. The van der Waals surface area contributed by atoms with Crippen LogP contribution in [0, 0.1) is 0 Å². The summed E-state index contributed by atoms with van der Waals surface area (Å²) in [6.45, 7) is 2.03. The van der Waals surface area contributed by atoms with Gasteiger partial charge >= 0.3 is 0 Å². The molecule has 0 saturated carbocycles. The van der Waals surface area contributed by atoms with Crippen LogP contribution in [0.3, 0.4) is 0 Å². The van der Waals surface area contributed by atoms with Crippen LogP contribution in [0.15, 0.2) is 22.8 Å². The third-order valence-corrected chi connectivity index (χ3v) is 4.25. The molecule has 4 nitrogen and oxygen atoms in total. The number of hydrogen-bond donors (Lipinski definition) is 1. The van der Waals surface area contributed by atoms with Crippen molar-refractivity contribution in [2.24, 2.45) is 0 Å². The standard InChI is InChI=1S/C9H13BrN2O2S/c1-2-15(13,14)7-6-12-9-8(10)4-3-5-11-9/h3-5H,2,6-7H2,1H3,(H,11,12). The molecule has 0 aliphatic carbocycles.